The highest BCUT2D eigenvalue weighted by atomic mass is 32.2. The standard InChI is InChI=1S/C26H30N4O4S/c1-17-22-9-8-21(35(3,32)33)15-23(22)28-26(27-17)30-12-10-18(11-13-30)25(31)29(2)16-20-14-19-6-4-5-7-24(19)34-20/h4-9,15,18,20H,10-14,16H2,1-3H3/t20-/m1/s1. The Morgan fingerprint density at radius 3 is 2.60 bits per heavy atom. The first-order valence-corrected chi connectivity index (χ1v) is 13.8. The first-order chi connectivity index (χ1) is 16.7. The van der Waals surface area contributed by atoms with Crippen LogP contribution in [0.15, 0.2) is 47.4 Å². The molecule has 0 spiro atoms. The molecule has 0 unspecified atom stereocenters. The van der Waals surface area contributed by atoms with Crippen LogP contribution in [-0.2, 0) is 21.1 Å². The number of hydrogen-bond acceptors (Lipinski definition) is 7. The smallest absolute Gasteiger partial charge is 0.226 e. The molecule has 0 saturated carbocycles. The molecule has 0 bridgehead atoms. The zero-order valence-electron chi connectivity index (χ0n) is 20.3. The summed E-state index contributed by atoms with van der Waals surface area (Å²) in [6.45, 7) is 3.82. The largest absolute Gasteiger partial charge is 0.488 e. The van der Waals surface area contributed by atoms with Crippen LogP contribution in [0, 0.1) is 12.8 Å². The normalized spacial score (nSPS) is 18.4. The van der Waals surface area contributed by atoms with E-state index >= 15 is 0 Å². The molecule has 3 aromatic rings. The summed E-state index contributed by atoms with van der Waals surface area (Å²) in [5.74, 6) is 1.61. The van der Waals surface area contributed by atoms with Crippen molar-refractivity contribution < 1.29 is 17.9 Å². The van der Waals surface area contributed by atoms with Gasteiger partial charge >= 0.3 is 0 Å². The first-order valence-electron chi connectivity index (χ1n) is 11.9. The van der Waals surface area contributed by atoms with Gasteiger partial charge in [0.2, 0.25) is 11.9 Å². The predicted molar refractivity (Wildman–Crippen MR) is 135 cm³/mol. The molecular formula is C26H30N4O4S. The minimum Gasteiger partial charge on any atom is -0.488 e. The number of ether oxygens (including phenoxy) is 1. The first kappa shape index (κ1) is 23.5. The Balaban J connectivity index is 1.22. The van der Waals surface area contributed by atoms with E-state index in [2.05, 4.69) is 20.9 Å². The van der Waals surface area contributed by atoms with E-state index in [1.165, 1.54) is 11.8 Å². The number of amides is 1. The fourth-order valence-electron chi connectivity index (χ4n) is 5.01. The average molecular weight is 495 g/mol. The molecule has 2 aliphatic heterocycles. The van der Waals surface area contributed by atoms with Crippen molar-refractivity contribution in [1.29, 1.82) is 0 Å². The summed E-state index contributed by atoms with van der Waals surface area (Å²) in [6.07, 6.45) is 3.45. The Hall–Kier alpha value is -3.20. The van der Waals surface area contributed by atoms with Crippen LogP contribution >= 0.6 is 0 Å². The quantitative estimate of drug-likeness (QED) is 0.538. The second-order valence-corrected chi connectivity index (χ2v) is 11.6. The maximum atomic E-state index is 13.1. The Morgan fingerprint density at radius 1 is 1.14 bits per heavy atom. The van der Waals surface area contributed by atoms with Crippen LogP contribution in [0.5, 0.6) is 5.75 Å². The number of benzene rings is 2. The average Bonchev–Trinajstić information content (AvgIpc) is 3.25. The van der Waals surface area contributed by atoms with E-state index in [9.17, 15) is 13.2 Å². The molecule has 3 heterocycles. The van der Waals surface area contributed by atoms with E-state index in [1.807, 2.05) is 32.2 Å². The van der Waals surface area contributed by atoms with Gasteiger partial charge in [-0.15, -0.1) is 0 Å². The van der Waals surface area contributed by atoms with Gasteiger partial charge in [0.15, 0.2) is 9.84 Å². The third-order valence-corrected chi connectivity index (χ3v) is 8.08. The van der Waals surface area contributed by atoms with Crippen LogP contribution in [0.2, 0.25) is 0 Å². The minimum absolute atomic E-state index is 0.00719. The van der Waals surface area contributed by atoms with E-state index in [0.29, 0.717) is 31.1 Å². The van der Waals surface area contributed by atoms with Crippen molar-refractivity contribution in [2.45, 2.75) is 37.2 Å². The van der Waals surface area contributed by atoms with Crippen LogP contribution in [-0.4, -0.2) is 68.2 Å². The van der Waals surface area contributed by atoms with E-state index in [4.69, 9.17) is 4.74 Å². The van der Waals surface area contributed by atoms with Crippen molar-refractivity contribution in [1.82, 2.24) is 14.9 Å². The monoisotopic (exact) mass is 494 g/mol. The van der Waals surface area contributed by atoms with E-state index in [-0.39, 0.29) is 22.8 Å². The van der Waals surface area contributed by atoms with Crippen LogP contribution in [0.25, 0.3) is 10.9 Å². The molecule has 0 radical (unpaired) electrons. The molecule has 2 aromatic carbocycles. The Bertz CT molecular complexity index is 1360. The van der Waals surface area contributed by atoms with Crippen LogP contribution < -0.4 is 9.64 Å². The lowest BCUT2D eigenvalue weighted by molar-refractivity contribution is -0.135. The summed E-state index contributed by atoms with van der Waals surface area (Å²) in [5, 5.41) is 0.837. The maximum Gasteiger partial charge on any atom is 0.226 e. The number of para-hydroxylation sites is 1. The van der Waals surface area contributed by atoms with Gasteiger partial charge in [-0.05, 0) is 49.6 Å². The second kappa shape index (κ2) is 9.11. The second-order valence-electron chi connectivity index (χ2n) is 9.59. The van der Waals surface area contributed by atoms with Gasteiger partial charge in [0.1, 0.15) is 11.9 Å². The number of piperidine rings is 1. The fraction of sp³-hybridized carbons (Fsp3) is 0.423. The van der Waals surface area contributed by atoms with Gasteiger partial charge in [0.05, 0.1) is 22.7 Å². The number of likely N-dealkylation sites (N-methyl/N-ethyl adjacent to an activating group) is 1. The van der Waals surface area contributed by atoms with Gasteiger partial charge in [-0.3, -0.25) is 4.79 Å². The van der Waals surface area contributed by atoms with Crippen LogP contribution in [0.4, 0.5) is 5.95 Å². The predicted octanol–water partition coefficient (Wildman–Crippen LogP) is 3.02. The van der Waals surface area contributed by atoms with Gasteiger partial charge in [-0.2, -0.15) is 0 Å². The molecule has 5 rings (SSSR count). The fourth-order valence-corrected chi connectivity index (χ4v) is 5.66. The third kappa shape index (κ3) is 4.82. The van der Waals surface area contributed by atoms with Crippen LogP contribution in [0.1, 0.15) is 24.1 Å². The van der Waals surface area contributed by atoms with Crippen molar-refractivity contribution >= 4 is 32.6 Å². The minimum atomic E-state index is -3.32. The zero-order valence-corrected chi connectivity index (χ0v) is 21.1. The molecule has 1 atom stereocenters. The third-order valence-electron chi connectivity index (χ3n) is 6.97. The highest BCUT2D eigenvalue weighted by Gasteiger charge is 2.31. The molecule has 1 fully saturated rings. The molecular weight excluding hydrogens is 464 g/mol. The number of aromatic nitrogens is 2. The molecule has 0 aliphatic carbocycles. The van der Waals surface area contributed by atoms with Crippen LogP contribution in [0.3, 0.4) is 0 Å². The summed E-state index contributed by atoms with van der Waals surface area (Å²) in [5.41, 5.74) is 2.62. The summed E-state index contributed by atoms with van der Waals surface area (Å²) in [4.78, 5) is 26.6. The molecule has 1 saturated heterocycles. The number of carbonyl (C=O) groups excluding carboxylic acids is 1. The highest BCUT2D eigenvalue weighted by Crippen LogP contribution is 2.30. The Morgan fingerprint density at radius 2 is 1.89 bits per heavy atom. The van der Waals surface area contributed by atoms with Crippen molar-refractivity contribution in [2.24, 2.45) is 5.92 Å². The molecule has 8 nitrogen and oxygen atoms in total. The maximum absolute atomic E-state index is 13.1. The number of fused-ring (bicyclic) bond motifs is 2. The molecule has 1 aromatic heterocycles. The van der Waals surface area contributed by atoms with E-state index < -0.39 is 9.84 Å². The van der Waals surface area contributed by atoms with Crippen molar-refractivity contribution in [2.75, 3.05) is 37.8 Å². The van der Waals surface area contributed by atoms with E-state index in [0.717, 1.165) is 36.1 Å². The lowest BCUT2D eigenvalue weighted by Crippen LogP contribution is -2.44. The van der Waals surface area contributed by atoms with E-state index in [1.54, 1.807) is 23.1 Å². The summed E-state index contributed by atoms with van der Waals surface area (Å²) in [6, 6.07) is 13.0. The van der Waals surface area contributed by atoms with Crippen molar-refractivity contribution in [3.8, 4) is 5.75 Å². The molecule has 9 heteroatoms. The molecule has 0 N–H and O–H groups in total. The molecule has 184 valence electrons. The number of anilines is 1. The highest BCUT2D eigenvalue weighted by molar-refractivity contribution is 7.90. The summed E-state index contributed by atoms with van der Waals surface area (Å²) < 4.78 is 30.0. The summed E-state index contributed by atoms with van der Waals surface area (Å²) >= 11 is 0. The lowest BCUT2D eigenvalue weighted by atomic mass is 9.95. The molecule has 1 amide bonds. The van der Waals surface area contributed by atoms with Gasteiger partial charge in [-0.1, -0.05) is 18.2 Å². The topological polar surface area (TPSA) is 92.7 Å². The lowest BCUT2D eigenvalue weighted by Gasteiger charge is -2.34. The van der Waals surface area contributed by atoms with Crippen molar-refractivity contribution in [3.63, 3.8) is 0 Å². The van der Waals surface area contributed by atoms with Gasteiger partial charge < -0.3 is 14.5 Å². The number of sulfone groups is 1. The molecule has 35 heavy (non-hydrogen) atoms. The Kier molecular flexibility index (Phi) is 6.13. The number of carbonyl (C=O) groups is 1. The van der Waals surface area contributed by atoms with Crippen molar-refractivity contribution in [3.05, 3.63) is 53.7 Å². The number of rotatable bonds is 5. The van der Waals surface area contributed by atoms with Gasteiger partial charge in [-0.25, -0.2) is 18.4 Å². The SMILES string of the molecule is Cc1nc(N2CCC(C(=O)N(C)C[C@H]3Cc4ccccc4O3)CC2)nc2cc(S(C)(=O)=O)ccc12. The van der Waals surface area contributed by atoms with Gasteiger partial charge in [0.25, 0.3) is 0 Å². The number of hydrogen-bond donors (Lipinski definition) is 0. The van der Waals surface area contributed by atoms with Gasteiger partial charge in [0, 0.05) is 44.1 Å². The number of aryl methyl sites for hydroxylation is 1. The zero-order chi connectivity index (χ0) is 24.7. The number of nitrogens with zero attached hydrogens (tertiary/aromatic N) is 4. The molecule has 2 aliphatic rings. The summed E-state index contributed by atoms with van der Waals surface area (Å²) in [7, 11) is -1.46. The Labute approximate surface area is 205 Å².